The summed E-state index contributed by atoms with van der Waals surface area (Å²) in [6, 6.07) is 3.69. The minimum Gasteiger partial charge on any atom is -0.326 e. The van der Waals surface area contributed by atoms with E-state index in [0.717, 1.165) is 5.56 Å². The molecule has 0 spiro atoms. The standard InChI is InChI=1S/C20H23F3N4O3/c21-20(22,23)13-6-7-26(10-14(13)24)8-11-2-1-3-12-9-27(19(30)17(11)12)15-4-5-16(28)25-18(15)29/h1-3,13-15H,4-10,24H2,(H,25,28,29). The molecule has 2 saturated heterocycles. The number of hydrogen-bond donors (Lipinski definition) is 2. The molecule has 0 aliphatic carbocycles. The molecule has 2 fully saturated rings. The van der Waals surface area contributed by atoms with Crippen LogP contribution in [0.4, 0.5) is 13.2 Å². The predicted molar refractivity (Wildman–Crippen MR) is 99.9 cm³/mol. The summed E-state index contributed by atoms with van der Waals surface area (Å²) < 4.78 is 39.2. The highest BCUT2D eigenvalue weighted by molar-refractivity contribution is 6.05. The molecule has 0 bridgehead atoms. The smallest absolute Gasteiger partial charge is 0.326 e. The van der Waals surface area contributed by atoms with Crippen LogP contribution < -0.4 is 11.1 Å². The topological polar surface area (TPSA) is 95.7 Å². The molecule has 3 amide bonds. The fourth-order valence-corrected chi connectivity index (χ4v) is 4.67. The zero-order valence-corrected chi connectivity index (χ0v) is 16.2. The van der Waals surface area contributed by atoms with E-state index in [1.54, 1.807) is 12.1 Å². The number of amides is 3. The summed E-state index contributed by atoms with van der Waals surface area (Å²) in [6.07, 6.45) is -3.93. The van der Waals surface area contributed by atoms with Crippen LogP contribution in [0.1, 0.15) is 40.7 Å². The first kappa shape index (κ1) is 20.8. The lowest BCUT2D eigenvalue weighted by molar-refractivity contribution is -0.189. The van der Waals surface area contributed by atoms with Crippen molar-refractivity contribution >= 4 is 17.7 Å². The summed E-state index contributed by atoms with van der Waals surface area (Å²) in [6.45, 7) is 0.922. The molecule has 3 unspecified atom stereocenters. The fourth-order valence-electron chi connectivity index (χ4n) is 4.67. The van der Waals surface area contributed by atoms with Gasteiger partial charge in [-0.1, -0.05) is 18.2 Å². The van der Waals surface area contributed by atoms with Gasteiger partial charge >= 0.3 is 6.18 Å². The van der Waals surface area contributed by atoms with Gasteiger partial charge in [0.2, 0.25) is 11.8 Å². The first-order valence-electron chi connectivity index (χ1n) is 9.95. The van der Waals surface area contributed by atoms with Gasteiger partial charge in [0.05, 0.1) is 5.92 Å². The van der Waals surface area contributed by atoms with Crippen molar-refractivity contribution < 1.29 is 27.6 Å². The number of hydrogen-bond acceptors (Lipinski definition) is 5. The maximum absolute atomic E-state index is 13.1. The molecule has 0 aromatic heterocycles. The lowest BCUT2D eigenvalue weighted by Crippen LogP contribution is -2.53. The summed E-state index contributed by atoms with van der Waals surface area (Å²) >= 11 is 0. The highest BCUT2D eigenvalue weighted by atomic mass is 19.4. The van der Waals surface area contributed by atoms with Gasteiger partial charge in [-0.25, -0.2) is 0 Å². The van der Waals surface area contributed by atoms with E-state index in [4.69, 9.17) is 5.73 Å². The number of carbonyl (C=O) groups is 3. The summed E-state index contributed by atoms with van der Waals surface area (Å²) in [5.41, 5.74) is 7.77. The molecule has 1 aromatic rings. The zero-order chi connectivity index (χ0) is 21.6. The number of nitrogens with two attached hydrogens (primary N) is 1. The summed E-state index contributed by atoms with van der Waals surface area (Å²) in [4.78, 5) is 40.0. The van der Waals surface area contributed by atoms with Crippen molar-refractivity contribution in [2.24, 2.45) is 11.7 Å². The van der Waals surface area contributed by atoms with E-state index in [0.29, 0.717) is 17.7 Å². The van der Waals surface area contributed by atoms with Gasteiger partial charge in [0.1, 0.15) is 6.04 Å². The highest BCUT2D eigenvalue weighted by Gasteiger charge is 2.46. The van der Waals surface area contributed by atoms with Crippen LogP contribution in [0.3, 0.4) is 0 Å². The quantitative estimate of drug-likeness (QED) is 0.710. The van der Waals surface area contributed by atoms with E-state index in [9.17, 15) is 27.6 Å². The Hall–Kier alpha value is -2.46. The highest BCUT2D eigenvalue weighted by Crippen LogP contribution is 2.35. The van der Waals surface area contributed by atoms with E-state index in [2.05, 4.69) is 5.32 Å². The second-order valence-corrected chi connectivity index (χ2v) is 8.19. The molecule has 3 atom stereocenters. The van der Waals surface area contributed by atoms with Crippen molar-refractivity contribution in [1.82, 2.24) is 15.1 Å². The molecular formula is C20H23F3N4O3. The van der Waals surface area contributed by atoms with E-state index < -0.39 is 30.1 Å². The summed E-state index contributed by atoms with van der Waals surface area (Å²) in [5, 5.41) is 2.27. The van der Waals surface area contributed by atoms with Gasteiger partial charge in [-0.05, 0) is 30.5 Å². The van der Waals surface area contributed by atoms with E-state index >= 15 is 0 Å². The van der Waals surface area contributed by atoms with Crippen molar-refractivity contribution in [1.29, 1.82) is 0 Å². The van der Waals surface area contributed by atoms with E-state index in [1.165, 1.54) is 4.90 Å². The first-order valence-corrected chi connectivity index (χ1v) is 9.95. The Bertz CT molecular complexity index is 889. The van der Waals surface area contributed by atoms with Crippen molar-refractivity contribution in [3.63, 3.8) is 0 Å². The molecule has 3 N–H and O–H groups in total. The van der Waals surface area contributed by atoms with Gasteiger partial charge in [0.25, 0.3) is 5.91 Å². The number of nitrogens with zero attached hydrogens (tertiary/aromatic N) is 2. The number of carbonyl (C=O) groups excluding carboxylic acids is 3. The summed E-state index contributed by atoms with van der Waals surface area (Å²) in [7, 11) is 0. The van der Waals surface area contributed by atoms with E-state index in [1.807, 2.05) is 11.0 Å². The van der Waals surface area contributed by atoms with Crippen LogP contribution >= 0.6 is 0 Å². The number of benzene rings is 1. The van der Waals surface area contributed by atoms with Crippen LogP contribution in [-0.4, -0.2) is 58.9 Å². The van der Waals surface area contributed by atoms with Gasteiger partial charge < -0.3 is 10.6 Å². The van der Waals surface area contributed by atoms with Crippen molar-refractivity contribution in [3.05, 3.63) is 34.9 Å². The fraction of sp³-hybridized carbons (Fsp3) is 0.550. The van der Waals surface area contributed by atoms with Gasteiger partial charge in [-0.3, -0.25) is 24.6 Å². The monoisotopic (exact) mass is 424 g/mol. The molecule has 7 nitrogen and oxygen atoms in total. The molecule has 30 heavy (non-hydrogen) atoms. The minimum atomic E-state index is -4.31. The van der Waals surface area contributed by atoms with Crippen molar-refractivity contribution in [2.75, 3.05) is 13.1 Å². The number of fused-ring (bicyclic) bond motifs is 1. The molecule has 4 rings (SSSR count). The molecule has 0 radical (unpaired) electrons. The van der Waals surface area contributed by atoms with Gasteiger partial charge in [0.15, 0.2) is 0 Å². The molecule has 3 aliphatic heterocycles. The number of halogens is 3. The minimum absolute atomic E-state index is 0.0734. The van der Waals surface area contributed by atoms with Crippen molar-refractivity contribution in [3.8, 4) is 0 Å². The Morgan fingerprint density at radius 2 is 1.93 bits per heavy atom. The van der Waals surface area contributed by atoms with Crippen molar-refractivity contribution in [2.45, 2.75) is 50.6 Å². The number of piperidine rings is 2. The first-order chi connectivity index (χ1) is 14.1. The molecular weight excluding hydrogens is 401 g/mol. The van der Waals surface area contributed by atoms with Crippen LogP contribution in [0.15, 0.2) is 18.2 Å². The Morgan fingerprint density at radius 3 is 2.60 bits per heavy atom. The van der Waals surface area contributed by atoms with Crippen LogP contribution in [0.25, 0.3) is 0 Å². The largest absolute Gasteiger partial charge is 0.393 e. The molecule has 0 saturated carbocycles. The van der Waals surface area contributed by atoms with Gasteiger partial charge in [0, 0.05) is 37.7 Å². The third kappa shape index (κ3) is 3.81. The second-order valence-electron chi connectivity index (χ2n) is 8.19. The Kier molecular flexibility index (Phi) is 5.31. The average Bonchev–Trinajstić information content (AvgIpc) is 2.98. The predicted octanol–water partition coefficient (Wildman–Crippen LogP) is 1.16. The molecule has 3 heterocycles. The summed E-state index contributed by atoms with van der Waals surface area (Å²) in [5.74, 6) is -2.63. The van der Waals surface area contributed by atoms with Crippen LogP contribution in [0, 0.1) is 5.92 Å². The number of nitrogens with one attached hydrogen (secondary N) is 1. The van der Waals surface area contributed by atoms with Gasteiger partial charge in [-0.2, -0.15) is 13.2 Å². The molecule has 1 aromatic carbocycles. The Balaban J connectivity index is 1.49. The zero-order valence-electron chi connectivity index (χ0n) is 16.2. The van der Waals surface area contributed by atoms with Crippen LogP contribution in [0.5, 0.6) is 0 Å². The van der Waals surface area contributed by atoms with Gasteiger partial charge in [-0.15, -0.1) is 0 Å². The Labute approximate surface area is 171 Å². The number of rotatable bonds is 3. The Morgan fingerprint density at radius 1 is 1.17 bits per heavy atom. The lowest BCUT2D eigenvalue weighted by Gasteiger charge is -2.37. The maximum atomic E-state index is 13.1. The van der Waals surface area contributed by atoms with E-state index in [-0.39, 0.29) is 50.7 Å². The average molecular weight is 424 g/mol. The molecule has 162 valence electrons. The number of imide groups is 1. The third-order valence-corrected chi connectivity index (χ3v) is 6.20. The SMILES string of the molecule is NC1CN(Cc2cccc3c2C(=O)N(C2CCC(=O)NC2=O)C3)CCC1C(F)(F)F. The van der Waals surface area contributed by atoms with Crippen LogP contribution in [-0.2, 0) is 22.7 Å². The second kappa shape index (κ2) is 7.66. The number of alkyl halides is 3. The van der Waals surface area contributed by atoms with Crippen LogP contribution in [0.2, 0.25) is 0 Å². The number of likely N-dealkylation sites (tertiary alicyclic amines) is 1. The maximum Gasteiger partial charge on any atom is 0.393 e. The molecule has 10 heteroatoms. The molecule has 3 aliphatic rings. The lowest BCUT2D eigenvalue weighted by atomic mass is 9.91. The third-order valence-electron chi connectivity index (χ3n) is 6.20. The normalized spacial score (nSPS) is 27.9.